The van der Waals surface area contributed by atoms with Gasteiger partial charge in [-0.25, -0.2) is 0 Å². The third kappa shape index (κ3) is 11.5. The Bertz CT molecular complexity index is 1110. The molecular formula is C36H65N5O7. The number of nitrogens with one attached hydrogen (secondary N) is 2. The fraction of sp³-hybridized carbons (Fsp3) is 0.806. The predicted molar refractivity (Wildman–Crippen MR) is 190 cm³/mol. The van der Waals surface area contributed by atoms with Crippen molar-refractivity contribution in [3.8, 4) is 0 Å². The topological polar surface area (TPSA) is 186 Å². The van der Waals surface area contributed by atoms with Crippen LogP contribution in [0.1, 0.15) is 86.5 Å². The maximum atomic E-state index is 11.8. The van der Waals surface area contributed by atoms with Crippen molar-refractivity contribution in [1.82, 2.24) is 10.6 Å². The number of ether oxygens (including phenoxy) is 4. The standard InChI is InChI=1S/C36H65N5O7/c1-21(2)11-9-12-22(3)13-10-14-23(4)17-18-41-27-19-26(38)31(47-34-25(37)15-16-28(46-34)24(5)39-7)29(42)32(27)48-35-30(43)33(40-8)36(6,44)20-45-35/h11,13,17-18,24-35,39-40,42-44H,9-10,12,14-16,19-20,37-38H2,1-8H3/b22-13+,23-17+,41-18?. The third-order valence-corrected chi connectivity index (χ3v) is 9.93. The minimum Gasteiger partial charge on any atom is -0.388 e. The molecular weight excluding hydrogens is 614 g/mol. The molecule has 3 aliphatic rings. The summed E-state index contributed by atoms with van der Waals surface area (Å²) >= 11 is 0. The molecule has 0 aromatic carbocycles. The quantitative estimate of drug-likeness (QED) is 0.0994. The highest BCUT2D eigenvalue weighted by atomic mass is 16.7. The molecule has 13 unspecified atom stereocenters. The maximum absolute atomic E-state index is 11.8. The summed E-state index contributed by atoms with van der Waals surface area (Å²) < 4.78 is 24.7. The molecule has 1 aliphatic carbocycles. The summed E-state index contributed by atoms with van der Waals surface area (Å²) in [4.78, 5) is 4.80. The van der Waals surface area contributed by atoms with Gasteiger partial charge in [0, 0.05) is 18.3 Å². The number of hydrogen-bond acceptors (Lipinski definition) is 12. The molecule has 276 valence electrons. The van der Waals surface area contributed by atoms with Gasteiger partial charge in [0.1, 0.15) is 30.0 Å². The average molecular weight is 680 g/mol. The fourth-order valence-electron chi connectivity index (χ4n) is 6.71. The van der Waals surface area contributed by atoms with E-state index in [-0.39, 0.29) is 24.8 Å². The lowest BCUT2D eigenvalue weighted by atomic mass is 9.83. The van der Waals surface area contributed by atoms with Crippen molar-refractivity contribution in [3.63, 3.8) is 0 Å². The van der Waals surface area contributed by atoms with E-state index in [9.17, 15) is 15.3 Å². The van der Waals surface area contributed by atoms with Gasteiger partial charge >= 0.3 is 0 Å². The van der Waals surface area contributed by atoms with E-state index in [1.807, 2.05) is 20.0 Å². The van der Waals surface area contributed by atoms with E-state index in [0.717, 1.165) is 32.1 Å². The normalized spacial score (nSPS) is 39.1. The Hall–Kier alpha value is -1.55. The highest BCUT2D eigenvalue weighted by molar-refractivity contribution is 5.72. The molecule has 2 heterocycles. The van der Waals surface area contributed by atoms with Crippen LogP contribution in [-0.4, -0.2) is 121 Å². The molecule has 0 amide bonds. The summed E-state index contributed by atoms with van der Waals surface area (Å²) in [5, 5.41) is 39.8. The first-order valence-electron chi connectivity index (χ1n) is 17.7. The number of aliphatic hydroxyl groups is 3. The van der Waals surface area contributed by atoms with E-state index in [1.54, 1.807) is 20.2 Å². The Balaban J connectivity index is 1.76. The average Bonchev–Trinajstić information content (AvgIpc) is 3.02. The van der Waals surface area contributed by atoms with Crippen molar-refractivity contribution in [3.05, 3.63) is 34.9 Å². The second-order valence-corrected chi connectivity index (χ2v) is 14.5. The van der Waals surface area contributed by atoms with Gasteiger partial charge in [-0.05, 0) is 107 Å². The number of rotatable bonds is 15. The Morgan fingerprint density at radius 1 is 0.958 bits per heavy atom. The summed E-state index contributed by atoms with van der Waals surface area (Å²) in [6.07, 6.45) is 7.84. The molecule has 2 saturated heterocycles. The first-order valence-corrected chi connectivity index (χ1v) is 17.7. The number of allylic oxidation sites excluding steroid dienone is 6. The summed E-state index contributed by atoms with van der Waals surface area (Å²) in [6.45, 7) is 12.1. The van der Waals surface area contributed by atoms with Gasteiger partial charge in [-0.1, -0.05) is 28.9 Å². The Morgan fingerprint density at radius 2 is 1.62 bits per heavy atom. The van der Waals surface area contributed by atoms with Crippen LogP contribution in [0.4, 0.5) is 0 Å². The van der Waals surface area contributed by atoms with Crippen molar-refractivity contribution in [2.75, 3.05) is 20.7 Å². The van der Waals surface area contributed by atoms with Crippen LogP contribution in [0.3, 0.4) is 0 Å². The second-order valence-electron chi connectivity index (χ2n) is 14.5. The Kier molecular flexibility index (Phi) is 16.3. The van der Waals surface area contributed by atoms with Crippen LogP contribution in [0.25, 0.3) is 0 Å². The summed E-state index contributed by atoms with van der Waals surface area (Å²) in [6, 6.07) is -2.16. The molecule has 0 aromatic rings. The molecule has 2 aliphatic heterocycles. The van der Waals surface area contributed by atoms with E-state index in [4.69, 9.17) is 35.4 Å². The molecule has 12 heteroatoms. The van der Waals surface area contributed by atoms with Gasteiger partial charge in [0.2, 0.25) is 0 Å². The fourth-order valence-corrected chi connectivity index (χ4v) is 6.71. The minimum absolute atomic E-state index is 0.0724. The van der Waals surface area contributed by atoms with Gasteiger partial charge < -0.3 is 56.4 Å². The summed E-state index contributed by atoms with van der Waals surface area (Å²) in [7, 11) is 3.53. The van der Waals surface area contributed by atoms with E-state index < -0.39 is 60.7 Å². The molecule has 9 N–H and O–H groups in total. The first kappa shape index (κ1) is 40.9. The Labute approximate surface area is 288 Å². The summed E-state index contributed by atoms with van der Waals surface area (Å²) in [5.41, 5.74) is 15.6. The SMILES string of the molecule is CNC(C)C1CCC(N)C(OC2C(N)CC(N=C/C=C(\C)CC/C=C(\C)CCC=C(C)C)C(OC3OCC(C)(O)C(NC)C3O)C2O)O1. The third-order valence-electron chi connectivity index (χ3n) is 9.93. The van der Waals surface area contributed by atoms with Gasteiger partial charge in [-0.2, -0.15) is 0 Å². The zero-order valence-electron chi connectivity index (χ0n) is 30.5. The van der Waals surface area contributed by atoms with Crippen LogP contribution in [-0.2, 0) is 18.9 Å². The molecule has 0 radical (unpaired) electrons. The van der Waals surface area contributed by atoms with E-state index >= 15 is 0 Å². The minimum atomic E-state index is -1.32. The zero-order valence-corrected chi connectivity index (χ0v) is 30.5. The predicted octanol–water partition coefficient (Wildman–Crippen LogP) is 2.20. The molecule has 12 nitrogen and oxygen atoms in total. The number of likely N-dealkylation sites (N-methyl/N-ethyl adjacent to an activating group) is 2. The summed E-state index contributed by atoms with van der Waals surface area (Å²) in [5.74, 6) is 0. The maximum Gasteiger partial charge on any atom is 0.185 e. The van der Waals surface area contributed by atoms with Crippen LogP contribution < -0.4 is 22.1 Å². The first-order chi connectivity index (χ1) is 22.7. The molecule has 13 atom stereocenters. The molecule has 3 fully saturated rings. The lowest BCUT2D eigenvalue weighted by Gasteiger charge is -2.48. The van der Waals surface area contributed by atoms with Crippen molar-refractivity contribution in [2.24, 2.45) is 16.5 Å². The molecule has 0 bridgehead atoms. The molecule has 0 aromatic heterocycles. The molecule has 3 rings (SSSR count). The van der Waals surface area contributed by atoms with Crippen molar-refractivity contribution < 1.29 is 34.3 Å². The zero-order chi connectivity index (χ0) is 35.6. The highest BCUT2D eigenvalue weighted by Crippen LogP contribution is 2.33. The number of aliphatic hydroxyl groups excluding tert-OH is 2. The van der Waals surface area contributed by atoms with E-state index in [0.29, 0.717) is 12.8 Å². The van der Waals surface area contributed by atoms with Crippen LogP contribution in [0.15, 0.2) is 39.9 Å². The number of nitrogens with two attached hydrogens (primary N) is 2. The van der Waals surface area contributed by atoms with Gasteiger partial charge in [0.25, 0.3) is 0 Å². The van der Waals surface area contributed by atoms with E-state index in [1.165, 1.54) is 16.7 Å². The molecule has 48 heavy (non-hydrogen) atoms. The van der Waals surface area contributed by atoms with Crippen molar-refractivity contribution in [2.45, 2.75) is 165 Å². The monoisotopic (exact) mass is 679 g/mol. The number of aliphatic imine (C=N–C) groups is 1. The number of hydrogen-bond donors (Lipinski definition) is 7. The van der Waals surface area contributed by atoms with Crippen LogP contribution >= 0.6 is 0 Å². The lowest BCUT2D eigenvalue weighted by molar-refractivity contribution is -0.307. The van der Waals surface area contributed by atoms with Crippen molar-refractivity contribution in [1.29, 1.82) is 0 Å². The van der Waals surface area contributed by atoms with E-state index in [2.05, 4.69) is 50.5 Å². The molecule has 0 spiro atoms. The van der Waals surface area contributed by atoms with Gasteiger partial charge in [0.05, 0.1) is 30.8 Å². The van der Waals surface area contributed by atoms with Gasteiger partial charge in [0.15, 0.2) is 12.6 Å². The number of nitrogens with zero attached hydrogens (tertiary/aromatic N) is 1. The largest absolute Gasteiger partial charge is 0.388 e. The van der Waals surface area contributed by atoms with Gasteiger partial charge in [-0.15, -0.1) is 0 Å². The van der Waals surface area contributed by atoms with Crippen LogP contribution in [0.2, 0.25) is 0 Å². The lowest BCUT2D eigenvalue weighted by Crippen LogP contribution is -2.67. The molecule has 1 saturated carbocycles. The van der Waals surface area contributed by atoms with Crippen LogP contribution in [0, 0.1) is 0 Å². The van der Waals surface area contributed by atoms with Crippen LogP contribution in [0.5, 0.6) is 0 Å². The smallest absolute Gasteiger partial charge is 0.185 e. The second kappa shape index (κ2) is 19.2. The Morgan fingerprint density at radius 3 is 2.29 bits per heavy atom. The van der Waals surface area contributed by atoms with Gasteiger partial charge in [-0.3, -0.25) is 4.99 Å². The highest BCUT2D eigenvalue weighted by Gasteiger charge is 2.51. The van der Waals surface area contributed by atoms with Crippen molar-refractivity contribution >= 4 is 6.21 Å².